The SMILES string of the molecule is COCCN(CC(N)c1cc(F)ccc1F)C(C)COC. The van der Waals surface area contributed by atoms with Crippen LogP contribution in [0.3, 0.4) is 0 Å². The van der Waals surface area contributed by atoms with Gasteiger partial charge in [0.15, 0.2) is 0 Å². The first-order valence-corrected chi connectivity index (χ1v) is 6.92. The predicted octanol–water partition coefficient (Wildman–Crippen LogP) is 1.95. The first kappa shape index (κ1) is 18.0. The van der Waals surface area contributed by atoms with E-state index >= 15 is 0 Å². The first-order chi connectivity index (χ1) is 9.99. The molecule has 1 rings (SSSR count). The fraction of sp³-hybridized carbons (Fsp3) is 0.600. The Hall–Kier alpha value is -1.08. The number of hydrogen-bond donors (Lipinski definition) is 1. The summed E-state index contributed by atoms with van der Waals surface area (Å²) in [6.45, 7) is 4.10. The molecule has 0 bridgehead atoms. The van der Waals surface area contributed by atoms with Gasteiger partial charge < -0.3 is 15.2 Å². The summed E-state index contributed by atoms with van der Waals surface area (Å²) >= 11 is 0. The van der Waals surface area contributed by atoms with Gasteiger partial charge in [0.05, 0.1) is 13.2 Å². The lowest BCUT2D eigenvalue weighted by Gasteiger charge is -2.31. The Morgan fingerprint density at radius 1 is 1.24 bits per heavy atom. The fourth-order valence-corrected chi connectivity index (χ4v) is 2.20. The fourth-order valence-electron chi connectivity index (χ4n) is 2.20. The maximum atomic E-state index is 13.8. The van der Waals surface area contributed by atoms with Crippen LogP contribution in [0.4, 0.5) is 8.78 Å². The molecule has 0 fully saturated rings. The van der Waals surface area contributed by atoms with Crippen LogP contribution in [0.15, 0.2) is 18.2 Å². The van der Waals surface area contributed by atoms with Crippen molar-refractivity contribution in [2.45, 2.75) is 19.0 Å². The van der Waals surface area contributed by atoms with E-state index in [1.807, 2.05) is 11.8 Å². The molecule has 0 radical (unpaired) electrons. The van der Waals surface area contributed by atoms with Crippen LogP contribution in [0.1, 0.15) is 18.5 Å². The van der Waals surface area contributed by atoms with Gasteiger partial charge in [0, 0.05) is 45.0 Å². The van der Waals surface area contributed by atoms with E-state index in [1.165, 1.54) is 0 Å². The van der Waals surface area contributed by atoms with Crippen LogP contribution in [0.5, 0.6) is 0 Å². The van der Waals surface area contributed by atoms with Crippen molar-refractivity contribution in [3.05, 3.63) is 35.4 Å². The number of methoxy groups -OCH3 is 2. The lowest BCUT2D eigenvalue weighted by Crippen LogP contribution is -2.42. The largest absolute Gasteiger partial charge is 0.383 e. The highest BCUT2D eigenvalue weighted by Crippen LogP contribution is 2.18. The number of halogens is 2. The number of hydrogen-bond acceptors (Lipinski definition) is 4. The van der Waals surface area contributed by atoms with E-state index in [9.17, 15) is 8.78 Å². The van der Waals surface area contributed by atoms with E-state index in [2.05, 4.69) is 0 Å². The zero-order valence-electron chi connectivity index (χ0n) is 12.8. The third-order valence-electron chi connectivity index (χ3n) is 3.40. The average Bonchev–Trinajstić information content (AvgIpc) is 2.45. The van der Waals surface area contributed by atoms with Gasteiger partial charge in [-0.1, -0.05) is 0 Å². The molecule has 0 amide bonds. The van der Waals surface area contributed by atoms with Crippen molar-refractivity contribution in [1.29, 1.82) is 0 Å². The van der Waals surface area contributed by atoms with Crippen molar-refractivity contribution in [3.8, 4) is 0 Å². The Bertz CT molecular complexity index is 432. The second-order valence-electron chi connectivity index (χ2n) is 5.06. The van der Waals surface area contributed by atoms with Crippen LogP contribution >= 0.6 is 0 Å². The van der Waals surface area contributed by atoms with Gasteiger partial charge in [-0.2, -0.15) is 0 Å². The first-order valence-electron chi connectivity index (χ1n) is 6.92. The quantitative estimate of drug-likeness (QED) is 0.757. The molecule has 4 nitrogen and oxygen atoms in total. The van der Waals surface area contributed by atoms with E-state index in [0.717, 1.165) is 18.2 Å². The average molecular weight is 302 g/mol. The van der Waals surface area contributed by atoms with Crippen molar-refractivity contribution in [3.63, 3.8) is 0 Å². The standard InChI is InChI=1S/C15H24F2N2O2/c1-11(10-21-3)19(6-7-20-2)9-15(18)13-8-12(16)4-5-14(13)17/h4-5,8,11,15H,6-7,9-10,18H2,1-3H3. The molecule has 0 aliphatic carbocycles. The molecule has 1 aromatic carbocycles. The van der Waals surface area contributed by atoms with E-state index in [4.69, 9.17) is 15.2 Å². The number of nitrogens with zero attached hydrogens (tertiary/aromatic N) is 1. The number of rotatable bonds is 9. The lowest BCUT2D eigenvalue weighted by molar-refractivity contribution is 0.0711. The smallest absolute Gasteiger partial charge is 0.128 e. The van der Waals surface area contributed by atoms with Crippen molar-refractivity contribution < 1.29 is 18.3 Å². The molecular weight excluding hydrogens is 278 g/mol. The van der Waals surface area contributed by atoms with Gasteiger partial charge in [0.25, 0.3) is 0 Å². The van der Waals surface area contributed by atoms with Gasteiger partial charge in [-0.05, 0) is 25.1 Å². The van der Waals surface area contributed by atoms with Gasteiger partial charge in [-0.15, -0.1) is 0 Å². The summed E-state index contributed by atoms with van der Waals surface area (Å²) in [7, 11) is 3.24. The minimum absolute atomic E-state index is 0.104. The molecule has 1 aromatic rings. The van der Waals surface area contributed by atoms with Gasteiger partial charge in [0.2, 0.25) is 0 Å². The van der Waals surface area contributed by atoms with Crippen LogP contribution < -0.4 is 5.73 Å². The summed E-state index contributed by atoms with van der Waals surface area (Å²) in [5.41, 5.74) is 6.22. The molecule has 120 valence electrons. The highest BCUT2D eigenvalue weighted by molar-refractivity contribution is 5.22. The molecule has 21 heavy (non-hydrogen) atoms. The highest BCUT2D eigenvalue weighted by Gasteiger charge is 2.20. The van der Waals surface area contributed by atoms with Crippen LogP contribution in [0, 0.1) is 11.6 Å². The molecular formula is C15H24F2N2O2. The van der Waals surface area contributed by atoms with Gasteiger partial charge in [-0.3, -0.25) is 4.90 Å². The van der Waals surface area contributed by atoms with Crippen molar-refractivity contribution in [2.75, 3.05) is 40.5 Å². The topological polar surface area (TPSA) is 47.7 Å². The third kappa shape index (κ3) is 5.67. The molecule has 2 unspecified atom stereocenters. The summed E-state index contributed by atoms with van der Waals surface area (Å²) in [6, 6.07) is 2.82. The molecule has 0 heterocycles. The lowest BCUT2D eigenvalue weighted by atomic mass is 10.1. The van der Waals surface area contributed by atoms with Crippen LogP contribution in [0.2, 0.25) is 0 Å². The molecule has 2 N–H and O–H groups in total. The third-order valence-corrected chi connectivity index (χ3v) is 3.40. The molecule has 0 saturated carbocycles. The van der Waals surface area contributed by atoms with Crippen molar-refractivity contribution >= 4 is 0 Å². The van der Waals surface area contributed by atoms with Crippen LogP contribution in [0.25, 0.3) is 0 Å². The summed E-state index contributed by atoms with van der Waals surface area (Å²) in [4.78, 5) is 2.04. The monoisotopic (exact) mass is 302 g/mol. The molecule has 0 aromatic heterocycles. The molecule has 2 atom stereocenters. The Labute approximate surface area is 124 Å². The van der Waals surface area contributed by atoms with E-state index in [1.54, 1.807) is 14.2 Å². The van der Waals surface area contributed by atoms with Gasteiger partial charge in [-0.25, -0.2) is 8.78 Å². The zero-order valence-corrected chi connectivity index (χ0v) is 12.8. The predicted molar refractivity (Wildman–Crippen MR) is 78.1 cm³/mol. The van der Waals surface area contributed by atoms with Gasteiger partial charge >= 0.3 is 0 Å². The summed E-state index contributed by atoms with van der Waals surface area (Å²) in [6.07, 6.45) is 0. The maximum absolute atomic E-state index is 13.8. The molecule has 6 heteroatoms. The maximum Gasteiger partial charge on any atom is 0.128 e. The van der Waals surface area contributed by atoms with Crippen molar-refractivity contribution in [1.82, 2.24) is 4.90 Å². The van der Waals surface area contributed by atoms with Crippen LogP contribution in [-0.4, -0.2) is 51.5 Å². The molecule has 0 aliphatic rings. The van der Waals surface area contributed by atoms with E-state index < -0.39 is 17.7 Å². The molecule has 0 saturated heterocycles. The minimum Gasteiger partial charge on any atom is -0.383 e. The summed E-state index contributed by atoms with van der Waals surface area (Å²) < 4.78 is 37.2. The summed E-state index contributed by atoms with van der Waals surface area (Å²) in [5, 5.41) is 0. The number of nitrogens with two attached hydrogens (primary N) is 1. The number of ether oxygens (including phenoxy) is 2. The molecule has 0 spiro atoms. The highest BCUT2D eigenvalue weighted by atomic mass is 19.1. The Morgan fingerprint density at radius 2 is 1.95 bits per heavy atom. The van der Waals surface area contributed by atoms with Gasteiger partial charge in [0.1, 0.15) is 11.6 Å². The molecule has 0 aliphatic heterocycles. The van der Waals surface area contributed by atoms with E-state index in [-0.39, 0.29) is 11.6 Å². The second-order valence-corrected chi connectivity index (χ2v) is 5.06. The minimum atomic E-state index is -0.614. The number of benzene rings is 1. The van der Waals surface area contributed by atoms with E-state index in [0.29, 0.717) is 26.3 Å². The summed E-state index contributed by atoms with van der Waals surface area (Å²) in [5.74, 6) is -0.981. The second kappa shape index (κ2) is 9.04. The Balaban J connectivity index is 2.78. The normalized spacial score (nSPS) is 14.4. The Kier molecular flexibility index (Phi) is 7.74. The zero-order chi connectivity index (χ0) is 15.8. The van der Waals surface area contributed by atoms with Crippen LogP contribution in [-0.2, 0) is 9.47 Å². The van der Waals surface area contributed by atoms with Crippen molar-refractivity contribution in [2.24, 2.45) is 5.73 Å². The Morgan fingerprint density at radius 3 is 2.57 bits per heavy atom.